The van der Waals surface area contributed by atoms with Crippen molar-refractivity contribution in [3.8, 4) is 0 Å². The zero-order valence-corrected chi connectivity index (χ0v) is 12.1. The highest BCUT2D eigenvalue weighted by molar-refractivity contribution is 6.28. The summed E-state index contributed by atoms with van der Waals surface area (Å²) in [6, 6.07) is 7.96. The van der Waals surface area contributed by atoms with Crippen LogP contribution < -0.4 is 4.90 Å². The Morgan fingerprint density at radius 1 is 1.11 bits per heavy atom. The van der Waals surface area contributed by atoms with E-state index in [0.29, 0.717) is 6.54 Å². The third kappa shape index (κ3) is 3.64. The Morgan fingerprint density at radius 3 is 2.53 bits per heavy atom. The van der Waals surface area contributed by atoms with Crippen LogP contribution in [0.4, 0.5) is 5.82 Å². The van der Waals surface area contributed by atoms with Crippen LogP contribution in [0, 0.1) is 13.8 Å². The number of hydrogen-bond acceptors (Lipinski definition) is 4. The first kappa shape index (κ1) is 13.7. The lowest BCUT2D eigenvalue weighted by Crippen LogP contribution is -2.24. The Balaban J connectivity index is 2.24. The maximum absolute atomic E-state index is 5.91. The quantitative estimate of drug-likeness (QED) is 0.805. The molecule has 0 N–H and O–H groups in total. The number of pyridine rings is 1. The molecule has 4 nitrogen and oxygen atoms in total. The summed E-state index contributed by atoms with van der Waals surface area (Å²) in [4.78, 5) is 15.0. The summed E-state index contributed by atoms with van der Waals surface area (Å²) >= 11 is 5.91. The minimum Gasteiger partial charge on any atom is -0.351 e. The van der Waals surface area contributed by atoms with Gasteiger partial charge in [0.1, 0.15) is 5.82 Å². The van der Waals surface area contributed by atoms with Crippen LogP contribution in [0.25, 0.3) is 0 Å². The van der Waals surface area contributed by atoms with Crippen molar-refractivity contribution in [1.29, 1.82) is 0 Å². The first-order valence-corrected chi connectivity index (χ1v) is 6.65. The maximum atomic E-state index is 5.91. The van der Waals surface area contributed by atoms with Gasteiger partial charge in [0.15, 0.2) is 0 Å². The molecule has 19 heavy (non-hydrogen) atoms. The van der Waals surface area contributed by atoms with Gasteiger partial charge >= 0.3 is 0 Å². The molecule has 2 aromatic heterocycles. The van der Waals surface area contributed by atoms with Gasteiger partial charge < -0.3 is 4.90 Å². The molecular formula is C14H17ClN4. The largest absolute Gasteiger partial charge is 0.351 e. The highest BCUT2D eigenvalue weighted by atomic mass is 35.5. The van der Waals surface area contributed by atoms with Crippen LogP contribution in [0.15, 0.2) is 24.3 Å². The summed E-state index contributed by atoms with van der Waals surface area (Å²) in [7, 11) is 0. The van der Waals surface area contributed by atoms with Crippen molar-refractivity contribution in [2.45, 2.75) is 27.3 Å². The SMILES string of the molecule is CCN(Cc1cccc(C)n1)c1cc(C)nc(Cl)n1. The maximum Gasteiger partial charge on any atom is 0.224 e. The predicted octanol–water partition coefficient (Wildman–Crippen LogP) is 3.17. The van der Waals surface area contributed by atoms with Crippen molar-refractivity contribution in [3.05, 3.63) is 46.6 Å². The lowest BCUT2D eigenvalue weighted by atomic mass is 10.3. The summed E-state index contributed by atoms with van der Waals surface area (Å²) in [5.41, 5.74) is 2.91. The van der Waals surface area contributed by atoms with Gasteiger partial charge in [-0.1, -0.05) is 6.07 Å². The van der Waals surface area contributed by atoms with Gasteiger partial charge in [-0.3, -0.25) is 4.98 Å². The van der Waals surface area contributed by atoms with E-state index < -0.39 is 0 Å². The molecular weight excluding hydrogens is 260 g/mol. The third-order valence-electron chi connectivity index (χ3n) is 2.82. The lowest BCUT2D eigenvalue weighted by Gasteiger charge is -2.22. The predicted molar refractivity (Wildman–Crippen MR) is 77.5 cm³/mol. The van der Waals surface area contributed by atoms with Gasteiger partial charge in [0.05, 0.1) is 12.2 Å². The van der Waals surface area contributed by atoms with Crippen molar-refractivity contribution < 1.29 is 0 Å². The molecule has 0 fully saturated rings. The van der Waals surface area contributed by atoms with Gasteiger partial charge in [-0.25, -0.2) is 9.97 Å². The lowest BCUT2D eigenvalue weighted by molar-refractivity contribution is 0.786. The van der Waals surface area contributed by atoms with Crippen molar-refractivity contribution in [3.63, 3.8) is 0 Å². The third-order valence-corrected chi connectivity index (χ3v) is 2.99. The molecule has 0 radical (unpaired) electrons. The van der Waals surface area contributed by atoms with Gasteiger partial charge in [0.25, 0.3) is 0 Å². The molecule has 0 atom stereocenters. The van der Waals surface area contributed by atoms with Gasteiger partial charge in [-0.15, -0.1) is 0 Å². The Hall–Kier alpha value is -1.68. The van der Waals surface area contributed by atoms with Crippen LogP contribution in [0.2, 0.25) is 5.28 Å². The molecule has 0 aliphatic carbocycles. The van der Waals surface area contributed by atoms with E-state index >= 15 is 0 Å². The van der Waals surface area contributed by atoms with Gasteiger partial charge in [0.2, 0.25) is 5.28 Å². The Morgan fingerprint density at radius 2 is 1.89 bits per heavy atom. The molecule has 0 spiro atoms. The normalized spacial score (nSPS) is 10.5. The van der Waals surface area contributed by atoms with E-state index in [1.165, 1.54) is 0 Å². The fourth-order valence-corrected chi connectivity index (χ4v) is 2.14. The number of aryl methyl sites for hydroxylation is 2. The Kier molecular flexibility index (Phi) is 4.32. The van der Waals surface area contributed by atoms with Crippen LogP contribution in [0.1, 0.15) is 24.0 Å². The first-order chi connectivity index (χ1) is 9.08. The second-order valence-corrected chi connectivity index (χ2v) is 4.76. The minimum absolute atomic E-state index is 0.283. The molecule has 0 aliphatic heterocycles. The monoisotopic (exact) mass is 276 g/mol. The Labute approximate surface area is 118 Å². The smallest absolute Gasteiger partial charge is 0.224 e. The molecule has 0 saturated heterocycles. The van der Waals surface area contributed by atoms with Crippen LogP contribution in [0.5, 0.6) is 0 Å². The molecule has 0 bridgehead atoms. The van der Waals surface area contributed by atoms with E-state index in [-0.39, 0.29) is 5.28 Å². The van der Waals surface area contributed by atoms with Crippen molar-refractivity contribution >= 4 is 17.4 Å². The molecule has 5 heteroatoms. The molecule has 0 amide bonds. The van der Waals surface area contributed by atoms with Crippen LogP contribution in [0.3, 0.4) is 0 Å². The molecule has 0 unspecified atom stereocenters. The van der Waals surface area contributed by atoms with Crippen LogP contribution >= 0.6 is 11.6 Å². The number of anilines is 1. The number of hydrogen-bond donors (Lipinski definition) is 0. The van der Waals surface area contributed by atoms with Gasteiger partial charge in [-0.05, 0) is 44.5 Å². The van der Waals surface area contributed by atoms with Gasteiger partial charge in [0, 0.05) is 24.0 Å². The molecule has 2 heterocycles. The number of halogens is 1. The number of nitrogens with zero attached hydrogens (tertiary/aromatic N) is 4. The average molecular weight is 277 g/mol. The average Bonchev–Trinajstić information content (AvgIpc) is 2.34. The topological polar surface area (TPSA) is 41.9 Å². The number of aromatic nitrogens is 3. The zero-order valence-electron chi connectivity index (χ0n) is 11.4. The highest BCUT2D eigenvalue weighted by Gasteiger charge is 2.10. The molecule has 0 saturated carbocycles. The van der Waals surface area contributed by atoms with Crippen LogP contribution in [-0.2, 0) is 6.54 Å². The van der Waals surface area contributed by atoms with Crippen molar-refractivity contribution in [2.75, 3.05) is 11.4 Å². The first-order valence-electron chi connectivity index (χ1n) is 6.27. The summed E-state index contributed by atoms with van der Waals surface area (Å²) in [5, 5.41) is 0.283. The zero-order chi connectivity index (χ0) is 13.8. The van der Waals surface area contributed by atoms with E-state index in [9.17, 15) is 0 Å². The summed E-state index contributed by atoms with van der Waals surface area (Å²) in [5.74, 6) is 0.836. The second kappa shape index (κ2) is 5.97. The van der Waals surface area contributed by atoms with Gasteiger partial charge in [-0.2, -0.15) is 0 Å². The second-order valence-electron chi connectivity index (χ2n) is 4.42. The molecule has 0 aromatic carbocycles. The fraction of sp³-hybridized carbons (Fsp3) is 0.357. The molecule has 0 aliphatic rings. The van der Waals surface area contributed by atoms with Crippen molar-refractivity contribution in [2.24, 2.45) is 0 Å². The summed E-state index contributed by atoms with van der Waals surface area (Å²) in [6.07, 6.45) is 0. The van der Waals surface area contributed by atoms with E-state index in [2.05, 4.69) is 26.8 Å². The highest BCUT2D eigenvalue weighted by Crippen LogP contribution is 2.17. The van der Waals surface area contributed by atoms with Crippen molar-refractivity contribution in [1.82, 2.24) is 15.0 Å². The van der Waals surface area contributed by atoms with E-state index in [0.717, 1.165) is 29.4 Å². The van der Waals surface area contributed by atoms with E-state index in [1.54, 1.807) is 0 Å². The van der Waals surface area contributed by atoms with Crippen LogP contribution in [-0.4, -0.2) is 21.5 Å². The van der Waals surface area contributed by atoms with E-state index in [1.807, 2.05) is 38.1 Å². The van der Waals surface area contributed by atoms with E-state index in [4.69, 9.17) is 11.6 Å². The fourth-order valence-electron chi connectivity index (χ4n) is 1.92. The molecule has 2 aromatic rings. The minimum atomic E-state index is 0.283. The summed E-state index contributed by atoms with van der Waals surface area (Å²) < 4.78 is 0. The standard InChI is InChI=1S/C14H17ClN4/c1-4-19(9-12-7-5-6-10(2)16-12)13-8-11(3)17-14(15)18-13/h5-8H,4,9H2,1-3H3. The molecule has 2 rings (SSSR count). The number of rotatable bonds is 4. The molecule has 100 valence electrons. The Bertz CT molecular complexity index is 551. The summed E-state index contributed by atoms with van der Waals surface area (Å²) in [6.45, 7) is 7.54.